The van der Waals surface area contributed by atoms with Gasteiger partial charge in [-0.3, -0.25) is 9.69 Å². The summed E-state index contributed by atoms with van der Waals surface area (Å²) in [5.74, 6) is -0.210. The zero-order valence-electron chi connectivity index (χ0n) is 14.2. The molecule has 25 heavy (non-hydrogen) atoms. The highest BCUT2D eigenvalue weighted by Gasteiger charge is 2.19. The van der Waals surface area contributed by atoms with E-state index in [1.807, 2.05) is 30.5 Å². The monoisotopic (exact) mass is 359 g/mol. The summed E-state index contributed by atoms with van der Waals surface area (Å²) in [5.41, 5.74) is 1.86. The van der Waals surface area contributed by atoms with Gasteiger partial charge in [0.25, 0.3) is 0 Å². The minimum absolute atomic E-state index is 0.00786. The average molecular weight is 359 g/mol. The topological polar surface area (TPSA) is 35.6 Å². The van der Waals surface area contributed by atoms with Crippen molar-refractivity contribution in [3.8, 4) is 0 Å². The fourth-order valence-corrected chi connectivity index (χ4v) is 3.38. The number of amides is 1. The Bertz CT molecular complexity index is 715. The van der Waals surface area contributed by atoms with Gasteiger partial charge in [0.15, 0.2) is 0 Å². The van der Waals surface area contributed by atoms with Crippen LogP contribution in [0.3, 0.4) is 0 Å². The molecule has 1 N–H and O–H groups in total. The first kappa shape index (κ1) is 17.8. The molecule has 0 unspecified atom stereocenters. The Morgan fingerprint density at radius 3 is 2.52 bits per heavy atom. The van der Waals surface area contributed by atoms with Crippen LogP contribution in [0.1, 0.15) is 0 Å². The number of hydrogen-bond donors (Lipinski definition) is 1. The average Bonchev–Trinajstić information content (AvgIpc) is 2.63. The smallest absolute Gasteiger partial charge is 0.238 e. The van der Waals surface area contributed by atoms with E-state index in [0.717, 1.165) is 42.4 Å². The van der Waals surface area contributed by atoms with Crippen molar-refractivity contribution in [2.24, 2.45) is 0 Å². The van der Waals surface area contributed by atoms with Gasteiger partial charge in [0.2, 0.25) is 5.91 Å². The van der Waals surface area contributed by atoms with E-state index in [1.54, 1.807) is 23.9 Å². The summed E-state index contributed by atoms with van der Waals surface area (Å²) in [6, 6.07) is 14.4. The van der Waals surface area contributed by atoms with Crippen LogP contribution in [-0.4, -0.2) is 49.8 Å². The van der Waals surface area contributed by atoms with Crippen LogP contribution in [0.5, 0.6) is 0 Å². The highest BCUT2D eigenvalue weighted by molar-refractivity contribution is 7.98. The lowest BCUT2D eigenvalue weighted by Gasteiger charge is -2.35. The van der Waals surface area contributed by atoms with E-state index in [9.17, 15) is 9.18 Å². The lowest BCUT2D eigenvalue weighted by Crippen LogP contribution is -2.48. The zero-order valence-corrected chi connectivity index (χ0v) is 15.1. The maximum atomic E-state index is 13.0. The van der Waals surface area contributed by atoms with Crippen molar-refractivity contribution in [2.45, 2.75) is 4.90 Å². The number of anilines is 2. The third kappa shape index (κ3) is 4.96. The Kier molecular flexibility index (Phi) is 5.94. The molecule has 4 nitrogen and oxygen atoms in total. The van der Waals surface area contributed by atoms with Gasteiger partial charge in [0.05, 0.1) is 6.54 Å². The number of nitrogens with one attached hydrogen (secondary N) is 1. The molecular formula is C19H22FN3OS. The first-order valence-corrected chi connectivity index (χ1v) is 9.53. The molecule has 0 aromatic heterocycles. The Morgan fingerprint density at radius 2 is 1.84 bits per heavy atom. The number of carbonyl (C=O) groups is 1. The molecule has 1 saturated heterocycles. The third-order valence-corrected chi connectivity index (χ3v) is 5.01. The van der Waals surface area contributed by atoms with Crippen molar-refractivity contribution in [3.63, 3.8) is 0 Å². The molecule has 0 saturated carbocycles. The molecule has 0 spiro atoms. The summed E-state index contributed by atoms with van der Waals surface area (Å²) >= 11 is 1.65. The van der Waals surface area contributed by atoms with Crippen LogP contribution in [0.4, 0.5) is 15.8 Å². The maximum Gasteiger partial charge on any atom is 0.238 e. The van der Waals surface area contributed by atoms with E-state index in [4.69, 9.17) is 0 Å². The number of carbonyl (C=O) groups excluding carboxylic acids is 1. The lowest BCUT2D eigenvalue weighted by atomic mass is 10.2. The molecule has 0 bridgehead atoms. The Labute approximate surface area is 152 Å². The maximum absolute atomic E-state index is 13.0. The van der Waals surface area contributed by atoms with Gasteiger partial charge in [-0.1, -0.05) is 6.07 Å². The van der Waals surface area contributed by atoms with Crippen molar-refractivity contribution in [1.82, 2.24) is 4.90 Å². The van der Waals surface area contributed by atoms with Gasteiger partial charge in [0.1, 0.15) is 5.82 Å². The molecule has 6 heteroatoms. The van der Waals surface area contributed by atoms with E-state index >= 15 is 0 Å². The highest BCUT2D eigenvalue weighted by Crippen LogP contribution is 2.19. The highest BCUT2D eigenvalue weighted by atomic mass is 32.2. The van der Waals surface area contributed by atoms with E-state index in [-0.39, 0.29) is 11.7 Å². The first-order chi connectivity index (χ1) is 12.1. The molecule has 1 heterocycles. The van der Waals surface area contributed by atoms with Crippen molar-refractivity contribution >= 4 is 29.0 Å². The van der Waals surface area contributed by atoms with Crippen LogP contribution in [-0.2, 0) is 4.79 Å². The summed E-state index contributed by atoms with van der Waals surface area (Å²) < 4.78 is 13.0. The number of halogens is 1. The SMILES string of the molecule is CSc1cccc(NC(=O)CN2CCN(c3ccc(F)cc3)CC2)c1. The van der Waals surface area contributed by atoms with Gasteiger partial charge in [-0.2, -0.15) is 0 Å². The van der Waals surface area contributed by atoms with E-state index in [2.05, 4.69) is 15.1 Å². The fourth-order valence-electron chi connectivity index (χ4n) is 2.92. The largest absolute Gasteiger partial charge is 0.369 e. The van der Waals surface area contributed by atoms with Gasteiger partial charge in [-0.25, -0.2) is 4.39 Å². The number of hydrogen-bond acceptors (Lipinski definition) is 4. The molecule has 1 aliphatic heterocycles. The van der Waals surface area contributed by atoms with Crippen LogP contribution in [0, 0.1) is 5.82 Å². The molecule has 2 aromatic rings. The molecule has 1 aliphatic rings. The molecule has 3 rings (SSSR count). The van der Waals surface area contributed by atoms with Crippen LogP contribution >= 0.6 is 11.8 Å². The summed E-state index contributed by atoms with van der Waals surface area (Å²) in [7, 11) is 0. The minimum Gasteiger partial charge on any atom is -0.369 e. The Morgan fingerprint density at radius 1 is 1.12 bits per heavy atom. The second kappa shape index (κ2) is 8.36. The first-order valence-electron chi connectivity index (χ1n) is 8.31. The fraction of sp³-hybridized carbons (Fsp3) is 0.316. The van der Waals surface area contributed by atoms with Crippen LogP contribution in [0.2, 0.25) is 0 Å². The van der Waals surface area contributed by atoms with Gasteiger partial charge >= 0.3 is 0 Å². The summed E-state index contributed by atoms with van der Waals surface area (Å²) in [5, 5.41) is 2.96. The summed E-state index contributed by atoms with van der Waals surface area (Å²) in [6.45, 7) is 3.69. The number of rotatable bonds is 5. The van der Waals surface area contributed by atoms with Crippen molar-refractivity contribution < 1.29 is 9.18 Å². The molecule has 2 aromatic carbocycles. The van der Waals surface area contributed by atoms with Crippen LogP contribution in [0.15, 0.2) is 53.4 Å². The molecule has 0 radical (unpaired) electrons. The predicted molar refractivity (Wildman–Crippen MR) is 102 cm³/mol. The summed E-state index contributed by atoms with van der Waals surface area (Å²) in [4.78, 5) is 17.7. The molecule has 0 aliphatic carbocycles. The molecule has 132 valence electrons. The van der Waals surface area contributed by atoms with Gasteiger partial charge in [0, 0.05) is 42.4 Å². The molecule has 1 amide bonds. The predicted octanol–water partition coefficient (Wildman–Crippen LogP) is 3.31. The minimum atomic E-state index is -0.218. The molecule has 0 atom stereocenters. The number of piperazine rings is 1. The lowest BCUT2D eigenvalue weighted by molar-refractivity contribution is -0.117. The van der Waals surface area contributed by atoms with E-state index < -0.39 is 0 Å². The zero-order chi connectivity index (χ0) is 17.6. The Balaban J connectivity index is 1.48. The van der Waals surface area contributed by atoms with Crippen molar-refractivity contribution in [1.29, 1.82) is 0 Å². The quantitative estimate of drug-likeness (QED) is 0.831. The van der Waals surface area contributed by atoms with Gasteiger partial charge < -0.3 is 10.2 Å². The molecular weight excluding hydrogens is 337 g/mol. The number of thioether (sulfide) groups is 1. The van der Waals surface area contributed by atoms with Crippen LogP contribution in [0.25, 0.3) is 0 Å². The van der Waals surface area contributed by atoms with Crippen molar-refractivity contribution in [2.75, 3.05) is 49.2 Å². The van der Waals surface area contributed by atoms with E-state index in [1.165, 1.54) is 12.1 Å². The molecule has 1 fully saturated rings. The van der Waals surface area contributed by atoms with E-state index in [0.29, 0.717) is 6.54 Å². The number of nitrogens with zero attached hydrogens (tertiary/aromatic N) is 2. The Hall–Kier alpha value is -2.05. The van der Waals surface area contributed by atoms with Gasteiger partial charge in [-0.05, 0) is 48.7 Å². The second-order valence-corrected chi connectivity index (χ2v) is 6.90. The standard InChI is InChI=1S/C19H22FN3OS/c1-25-18-4-2-3-16(13-18)21-19(24)14-22-9-11-23(12-10-22)17-7-5-15(20)6-8-17/h2-8,13H,9-12,14H2,1H3,(H,21,24). The normalized spacial score (nSPS) is 15.2. The van der Waals surface area contributed by atoms with Gasteiger partial charge in [-0.15, -0.1) is 11.8 Å². The van der Waals surface area contributed by atoms with Crippen molar-refractivity contribution in [3.05, 3.63) is 54.3 Å². The summed E-state index contributed by atoms with van der Waals surface area (Å²) in [6.07, 6.45) is 2.02. The third-order valence-electron chi connectivity index (χ3n) is 4.28. The second-order valence-electron chi connectivity index (χ2n) is 6.02. The number of benzene rings is 2. The van der Waals surface area contributed by atoms with Crippen LogP contribution < -0.4 is 10.2 Å².